The molecular formula is C16H14F3N3O3. The minimum Gasteiger partial charge on any atom is -0.308 e. The number of urea groups is 1. The van der Waals surface area contributed by atoms with E-state index >= 15 is 0 Å². The van der Waals surface area contributed by atoms with Crippen LogP contribution in [0.15, 0.2) is 48.5 Å². The van der Waals surface area contributed by atoms with Gasteiger partial charge in [-0.15, -0.1) is 0 Å². The lowest BCUT2D eigenvalue weighted by Crippen LogP contribution is -2.21. The molecule has 6 nitrogen and oxygen atoms in total. The van der Waals surface area contributed by atoms with Crippen LogP contribution in [0, 0.1) is 10.1 Å². The number of hydrogen-bond donors (Lipinski definition) is 2. The van der Waals surface area contributed by atoms with Gasteiger partial charge in [0.2, 0.25) is 6.54 Å². The third-order valence-corrected chi connectivity index (χ3v) is 3.28. The third-order valence-electron chi connectivity index (χ3n) is 3.28. The second kappa shape index (κ2) is 7.65. The van der Waals surface area contributed by atoms with Crippen molar-refractivity contribution in [2.24, 2.45) is 0 Å². The first kappa shape index (κ1) is 18.2. The van der Waals surface area contributed by atoms with Crippen molar-refractivity contribution in [1.82, 2.24) is 0 Å². The number of nitrogens with one attached hydrogen (secondary N) is 2. The predicted molar refractivity (Wildman–Crippen MR) is 86.1 cm³/mol. The van der Waals surface area contributed by atoms with E-state index < -0.39 is 22.7 Å². The summed E-state index contributed by atoms with van der Waals surface area (Å²) in [6.07, 6.45) is -4.39. The molecule has 2 rings (SSSR count). The van der Waals surface area contributed by atoms with E-state index in [0.717, 1.165) is 12.1 Å². The summed E-state index contributed by atoms with van der Waals surface area (Å²) in [6.45, 7) is -0.298. The molecule has 0 saturated carbocycles. The van der Waals surface area contributed by atoms with Crippen molar-refractivity contribution in [3.63, 3.8) is 0 Å². The highest BCUT2D eigenvalue weighted by molar-refractivity contribution is 6.00. The van der Waals surface area contributed by atoms with E-state index in [1.54, 1.807) is 24.3 Å². The van der Waals surface area contributed by atoms with Crippen LogP contribution in [0.3, 0.4) is 0 Å². The summed E-state index contributed by atoms with van der Waals surface area (Å²) < 4.78 is 38.0. The zero-order chi connectivity index (χ0) is 18.4. The van der Waals surface area contributed by atoms with Crippen molar-refractivity contribution in [3.8, 4) is 0 Å². The molecule has 0 unspecified atom stereocenters. The first-order valence-electron chi connectivity index (χ1n) is 7.20. The molecule has 0 radical (unpaired) electrons. The van der Waals surface area contributed by atoms with Gasteiger partial charge in [-0.3, -0.25) is 10.1 Å². The van der Waals surface area contributed by atoms with Crippen LogP contribution in [0.25, 0.3) is 0 Å². The van der Waals surface area contributed by atoms with Gasteiger partial charge in [0.25, 0.3) is 0 Å². The van der Waals surface area contributed by atoms with Crippen molar-refractivity contribution in [2.75, 3.05) is 17.2 Å². The number of nitro groups is 1. The highest BCUT2D eigenvalue weighted by Gasteiger charge is 2.30. The monoisotopic (exact) mass is 353 g/mol. The number of nitrogens with zero attached hydrogens (tertiary/aromatic N) is 1. The van der Waals surface area contributed by atoms with Gasteiger partial charge in [0.15, 0.2) is 0 Å². The van der Waals surface area contributed by atoms with E-state index in [1.807, 2.05) is 0 Å². The lowest BCUT2D eigenvalue weighted by atomic mass is 10.1. The van der Waals surface area contributed by atoms with E-state index in [2.05, 4.69) is 10.6 Å². The van der Waals surface area contributed by atoms with Crippen molar-refractivity contribution in [1.29, 1.82) is 0 Å². The number of carbonyl (C=O) groups excluding carboxylic acids is 1. The number of halogens is 3. The Morgan fingerprint density at radius 1 is 1.08 bits per heavy atom. The Labute approximate surface area is 140 Å². The van der Waals surface area contributed by atoms with Crippen LogP contribution in [0.4, 0.5) is 29.3 Å². The van der Waals surface area contributed by atoms with Crippen LogP contribution >= 0.6 is 0 Å². The number of amides is 2. The lowest BCUT2D eigenvalue weighted by Gasteiger charge is -2.12. The van der Waals surface area contributed by atoms with E-state index in [4.69, 9.17) is 0 Å². The standard InChI is InChI=1S/C16H14F3N3O3/c17-16(18,19)12-5-3-6-13(10-12)20-15(23)21-14-7-2-1-4-11(14)8-9-22(24)25/h1-7,10H,8-9H2,(H2,20,21,23). The van der Waals surface area contributed by atoms with Crippen molar-refractivity contribution in [2.45, 2.75) is 12.6 Å². The average molecular weight is 353 g/mol. The third kappa shape index (κ3) is 5.48. The minimum atomic E-state index is -4.51. The highest BCUT2D eigenvalue weighted by Crippen LogP contribution is 2.30. The number of anilines is 2. The second-order valence-corrected chi connectivity index (χ2v) is 5.12. The van der Waals surface area contributed by atoms with Crippen LogP contribution in [-0.4, -0.2) is 17.5 Å². The number of rotatable bonds is 5. The maximum atomic E-state index is 12.7. The van der Waals surface area contributed by atoms with Gasteiger partial charge in [-0.2, -0.15) is 13.2 Å². The zero-order valence-electron chi connectivity index (χ0n) is 12.8. The van der Waals surface area contributed by atoms with Crippen LogP contribution in [0.5, 0.6) is 0 Å². The van der Waals surface area contributed by atoms with Gasteiger partial charge in [0, 0.05) is 22.7 Å². The van der Waals surface area contributed by atoms with Gasteiger partial charge in [-0.05, 0) is 29.8 Å². The Balaban J connectivity index is 2.07. The molecule has 0 aliphatic heterocycles. The van der Waals surface area contributed by atoms with Gasteiger partial charge in [0.05, 0.1) is 5.56 Å². The Morgan fingerprint density at radius 2 is 1.80 bits per heavy atom. The maximum Gasteiger partial charge on any atom is 0.416 e. The molecule has 0 heterocycles. The largest absolute Gasteiger partial charge is 0.416 e. The van der Waals surface area contributed by atoms with Crippen molar-refractivity contribution in [3.05, 3.63) is 69.8 Å². The van der Waals surface area contributed by atoms with Crippen LogP contribution < -0.4 is 10.6 Å². The summed E-state index contributed by atoms with van der Waals surface area (Å²) in [4.78, 5) is 22.0. The van der Waals surface area contributed by atoms with Gasteiger partial charge < -0.3 is 10.6 Å². The quantitative estimate of drug-likeness (QED) is 0.625. The molecule has 2 aromatic rings. The summed E-state index contributed by atoms with van der Waals surface area (Å²) in [7, 11) is 0. The number of para-hydroxylation sites is 1. The fourth-order valence-corrected chi connectivity index (χ4v) is 2.13. The highest BCUT2D eigenvalue weighted by atomic mass is 19.4. The molecule has 0 bridgehead atoms. The Bertz CT molecular complexity index is 778. The fraction of sp³-hybridized carbons (Fsp3) is 0.188. The van der Waals surface area contributed by atoms with Crippen molar-refractivity contribution >= 4 is 17.4 Å². The maximum absolute atomic E-state index is 12.7. The van der Waals surface area contributed by atoms with Gasteiger partial charge in [-0.25, -0.2) is 4.79 Å². The first-order chi connectivity index (χ1) is 11.8. The van der Waals surface area contributed by atoms with E-state index in [9.17, 15) is 28.1 Å². The molecule has 0 atom stereocenters. The molecular weight excluding hydrogens is 339 g/mol. The summed E-state index contributed by atoms with van der Waals surface area (Å²) in [5.41, 5.74) is 0.0130. The summed E-state index contributed by atoms with van der Waals surface area (Å²) >= 11 is 0. The number of hydrogen-bond acceptors (Lipinski definition) is 3. The molecule has 0 spiro atoms. The lowest BCUT2D eigenvalue weighted by molar-refractivity contribution is -0.479. The number of carbonyl (C=O) groups is 1. The topological polar surface area (TPSA) is 84.3 Å². The Hall–Kier alpha value is -3.10. The zero-order valence-corrected chi connectivity index (χ0v) is 12.8. The normalized spacial score (nSPS) is 11.0. The minimum absolute atomic E-state index is 0.0184. The predicted octanol–water partition coefficient (Wildman–Crippen LogP) is 4.17. The number of benzene rings is 2. The molecule has 2 aromatic carbocycles. The van der Waals surface area contributed by atoms with Gasteiger partial charge in [-0.1, -0.05) is 24.3 Å². The van der Waals surface area contributed by atoms with E-state index in [1.165, 1.54) is 12.1 Å². The smallest absolute Gasteiger partial charge is 0.308 e. The second-order valence-electron chi connectivity index (χ2n) is 5.12. The molecule has 0 fully saturated rings. The summed E-state index contributed by atoms with van der Waals surface area (Å²) in [5, 5.41) is 15.3. The molecule has 9 heteroatoms. The molecule has 0 aliphatic rings. The Kier molecular flexibility index (Phi) is 5.58. The molecule has 2 amide bonds. The van der Waals surface area contributed by atoms with Crippen molar-refractivity contribution < 1.29 is 22.9 Å². The summed E-state index contributed by atoms with van der Waals surface area (Å²) in [6, 6.07) is 9.98. The van der Waals surface area contributed by atoms with E-state index in [0.29, 0.717) is 11.3 Å². The molecule has 132 valence electrons. The SMILES string of the molecule is O=C(Nc1cccc(C(F)(F)F)c1)Nc1ccccc1CC[N+](=O)[O-]. The fourth-order valence-electron chi connectivity index (χ4n) is 2.13. The van der Waals surface area contributed by atoms with Crippen LogP contribution in [0.2, 0.25) is 0 Å². The van der Waals surface area contributed by atoms with Gasteiger partial charge in [0.1, 0.15) is 0 Å². The van der Waals surface area contributed by atoms with E-state index in [-0.39, 0.29) is 18.7 Å². The number of alkyl halides is 3. The van der Waals surface area contributed by atoms with Crippen LogP contribution in [-0.2, 0) is 12.6 Å². The molecule has 2 N–H and O–H groups in total. The Morgan fingerprint density at radius 3 is 2.48 bits per heavy atom. The molecule has 0 aromatic heterocycles. The first-order valence-corrected chi connectivity index (χ1v) is 7.20. The average Bonchev–Trinajstić information content (AvgIpc) is 2.53. The molecule has 0 aliphatic carbocycles. The van der Waals surface area contributed by atoms with Crippen LogP contribution in [0.1, 0.15) is 11.1 Å². The molecule has 0 saturated heterocycles. The van der Waals surface area contributed by atoms with Gasteiger partial charge >= 0.3 is 12.2 Å². The molecule has 25 heavy (non-hydrogen) atoms. The summed E-state index contributed by atoms with van der Waals surface area (Å²) in [5.74, 6) is 0.